The van der Waals surface area contributed by atoms with Crippen molar-refractivity contribution < 1.29 is 33.3 Å². The van der Waals surface area contributed by atoms with Crippen LogP contribution in [0.4, 0.5) is 14.9 Å². The third kappa shape index (κ3) is 8.00. The number of carbonyl (C=O) groups excluding carboxylic acids is 2. The molecule has 0 saturated carbocycles. The number of methoxy groups -OCH3 is 1. The minimum absolute atomic E-state index is 0.00721. The van der Waals surface area contributed by atoms with Gasteiger partial charge in [-0.2, -0.15) is 0 Å². The fourth-order valence-electron chi connectivity index (χ4n) is 4.45. The van der Waals surface area contributed by atoms with Crippen LogP contribution in [0.25, 0.3) is 31.8 Å². The number of hydrogen-bond donors (Lipinski definition) is 3. The second kappa shape index (κ2) is 13.6. The SMILES string of the molecule is COc1cnc2c(-c3nc4cc(F)c(O[C@@H](C)COC(=O)Nc5ccnc(C(=O)NCCC(C)(C)O)c5)cc4s3)cc(C)cc2n1. The largest absolute Gasteiger partial charge is 0.484 e. The fraction of sp³-hybridized carbons (Fsp3) is 0.312. The van der Waals surface area contributed by atoms with E-state index in [1.165, 1.54) is 42.8 Å². The standard InChI is InChI=1S/C32H33FN6O6S/c1-17-10-20(28-23(11-17)38-27(43-5)15-36-28)30-39-22-13-21(33)25(14-26(22)46-30)45-18(2)16-44-31(41)37-19-6-8-34-24(12-19)29(40)35-9-7-32(3,4)42/h6,8,10-15,18,42H,7,9,16H2,1-5H3,(H,35,40)(H,34,37,41)/t18-/m0/s1. The highest BCUT2D eigenvalue weighted by atomic mass is 32.1. The molecule has 0 saturated heterocycles. The van der Waals surface area contributed by atoms with Crippen molar-refractivity contribution in [1.82, 2.24) is 25.3 Å². The lowest BCUT2D eigenvalue weighted by Crippen LogP contribution is -2.31. The summed E-state index contributed by atoms with van der Waals surface area (Å²) in [5.41, 5.74) is 2.99. The number of nitrogens with one attached hydrogen (secondary N) is 2. The van der Waals surface area contributed by atoms with Crippen LogP contribution >= 0.6 is 11.3 Å². The Morgan fingerprint density at radius 3 is 2.67 bits per heavy atom. The van der Waals surface area contributed by atoms with Gasteiger partial charge in [-0.25, -0.2) is 24.1 Å². The van der Waals surface area contributed by atoms with Crippen molar-refractivity contribution in [3.05, 3.63) is 65.9 Å². The lowest BCUT2D eigenvalue weighted by molar-refractivity contribution is 0.0692. The van der Waals surface area contributed by atoms with E-state index in [0.29, 0.717) is 44.2 Å². The number of nitrogens with zero attached hydrogens (tertiary/aromatic N) is 4. The molecule has 0 aliphatic carbocycles. The number of aryl methyl sites for hydroxylation is 1. The van der Waals surface area contributed by atoms with E-state index in [2.05, 4.69) is 30.6 Å². The van der Waals surface area contributed by atoms with E-state index in [9.17, 15) is 14.7 Å². The lowest BCUT2D eigenvalue weighted by atomic mass is 10.1. The third-order valence-corrected chi connectivity index (χ3v) is 7.74. The zero-order valence-corrected chi connectivity index (χ0v) is 26.7. The van der Waals surface area contributed by atoms with E-state index in [-0.39, 0.29) is 24.6 Å². The number of carbonyl (C=O) groups is 2. The van der Waals surface area contributed by atoms with Crippen LogP contribution < -0.4 is 20.1 Å². The Bertz CT molecular complexity index is 1910. The van der Waals surface area contributed by atoms with E-state index in [4.69, 9.17) is 14.2 Å². The van der Waals surface area contributed by atoms with Crippen molar-refractivity contribution in [2.24, 2.45) is 0 Å². The number of aliphatic hydroxyl groups is 1. The van der Waals surface area contributed by atoms with E-state index in [0.717, 1.165) is 11.1 Å². The maximum absolute atomic E-state index is 15.0. The molecule has 5 aromatic rings. The molecule has 46 heavy (non-hydrogen) atoms. The van der Waals surface area contributed by atoms with Crippen molar-refractivity contribution >= 4 is 50.3 Å². The molecule has 14 heteroatoms. The molecule has 2 aromatic carbocycles. The smallest absolute Gasteiger partial charge is 0.411 e. The van der Waals surface area contributed by atoms with Gasteiger partial charge in [0, 0.05) is 36.1 Å². The zero-order chi connectivity index (χ0) is 33.0. The number of halogens is 1. The Hall–Kier alpha value is -4.95. The summed E-state index contributed by atoms with van der Waals surface area (Å²) in [6, 6.07) is 9.65. The number of ether oxygens (including phenoxy) is 3. The van der Waals surface area contributed by atoms with Crippen LogP contribution in [0.15, 0.2) is 48.8 Å². The summed E-state index contributed by atoms with van der Waals surface area (Å²) in [5, 5.41) is 15.7. The Morgan fingerprint density at radius 2 is 1.91 bits per heavy atom. The molecule has 1 atom stereocenters. The third-order valence-electron chi connectivity index (χ3n) is 6.69. The summed E-state index contributed by atoms with van der Waals surface area (Å²) in [6.45, 7) is 6.96. The molecular weight excluding hydrogens is 615 g/mol. The van der Waals surface area contributed by atoms with Crippen LogP contribution in [0.2, 0.25) is 0 Å². The number of fused-ring (bicyclic) bond motifs is 2. The first kappa shape index (κ1) is 32.4. The van der Waals surface area contributed by atoms with E-state index in [1.54, 1.807) is 33.0 Å². The second-order valence-corrected chi connectivity index (χ2v) is 12.3. The predicted octanol–water partition coefficient (Wildman–Crippen LogP) is 5.66. The number of aromatic nitrogens is 4. The number of benzene rings is 2. The number of pyridine rings is 1. The maximum Gasteiger partial charge on any atom is 0.411 e. The molecule has 0 aliphatic rings. The van der Waals surface area contributed by atoms with Crippen LogP contribution in [0, 0.1) is 12.7 Å². The molecule has 0 bridgehead atoms. The Kier molecular flexibility index (Phi) is 9.58. The molecule has 240 valence electrons. The molecular formula is C32H33FN6O6S. The minimum atomic E-state index is -0.916. The molecule has 12 nitrogen and oxygen atoms in total. The molecule has 3 heterocycles. The van der Waals surface area contributed by atoms with Crippen molar-refractivity contribution in [1.29, 1.82) is 0 Å². The van der Waals surface area contributed by atoms with Crippen molar-refractivity contribution in [2.45, 2.75) is 45.8 Å². The number of thiazole rings is 1. The summed E-state index contributed by atoms with van der Waals surface area (Å²) in [6.07, 6.45) is 1.81. The molecule has 5 rings (SSSR count). The van der Waals surface area contributed by atoms with Crippen LogP contribution in [0.1, 0.15) is 43.2 Å². The van der Waals surface area contributed by atoms with Gasteiger partial charge >= 0.3 is 6.09 Å². The predicted molar refractivity (Wildman–Crippen MR) is 172 cm³/mol. The van der Waals surface area contributed by atoms with Gasteiger partial charge < -0.3 is 24.6 Å². The van der Waals surface area contributed by atoms with Gasteiger partial charge in [-0.05, 0) is 63.9 Å². The Labute approximate surface area is 268 Å². The van der Waals surface area contributed by atoms with Gasteiger partial charge in [-0.1, -0.05) is 0 Å². The van der Waals surface area contributed by atoms with Crippen LogP contribution in [0.3, 0.4) is 0 Å². The zero-order valence-electron chi connectivity index (χ0n) is 25.9. The molecule has 0 aliphatic heterocycles. The van der Waals surface area contributed by atoms with Crippen LogP contribution in [0.5, 0.6) is 11.6 Å². The summed E-state index contributed by atoms with van der Waals surface area (Å²) in [4.78, 5) is 42.5. The molecule has 0 spiro atoms. The number of hydrogen-bond acceptors (Lipinski definition) is 11. The first-order valence-corrected chi connectivity index (χ1v) is 15.2. The molecule has 0 unspecified atom stereocenters. The first-order valence-electron chi connectivity index (χ1n) is 14.4. The number of amides is 2. The summed E-state index contributed by atoms with van der Waals surface area (Å²) in [5.74, 6) is -0.660. The summed E-state index contributed by atoms with van der Waals surface area (Å²) >= 11 is 1.36. The van der Waals surface area contributed by atoms with Gasteiger partial charge in [0.1, 0.15) is 23.4 Å². The fourth-order valence-corrected chi connectivity index (χ4v) is 5.44. The van der Waals surface area contributed by atoms with E-state index < -0.39 is 29.5 Å². The van der Waals surface area contributed by atoms with Gasteiger partial charge in [-0.3, -0.25) is 15.1 Å². The molecule has 2 amide bonds. The van der Waals surface area contributed by atoms with Crippen molar-refractivity contribution in [3.8, 4) is 22.2 Å². The van der Waals surface area contributed by atoms with Crippen molar-refractivity contribution in [2.75, 3.05) is 25.6 Å². The maximum atomic E-state index is 15.0. The monoisotopic (exact) mass is 648 g/mol. The minimum Gasteiger partial charge on any atom is -0.484 e. The van der Waals surface area contributed by atoms with Crippen LogP contribution in [-0.2, 0) is 4.74 Å². The lowest BCUT2D eigenvalue weighted by Gasteiger charge is -2.17. The highest BCUT2D eigenvalue weighted by Gasteiger charge is 2.18. The molecule has 3 N–H and O–H groups in total. The van der Waals surface area contributed by atoms with Crippen LogP contribution in [-0.4, -0.2) is 69.0 Å². The number of anilines is 1. The molecule has 3 aromatic heterocycles. The van der Waals surface area contributed by atoms with Gasteiger partial charge in [0.25, 0.3) is 5.91 Å². The quantitative estimate of drug-likeness (QED) is 0.163. The van der Waals surface area contributed by atoms with Gasteiger partial charge in [0.05, 0.1) is 40.2 Å². The summed E-state index contributed by atoms with van der Waals surface area (Å²) < 4.78 is 32.0. The average molecular weight is 649 g/mol. The first-order chi connectivity index (χ1) is 21.9. The Morgan fingerprint density at radius 1 is 1.11 bits per heavy atom. The second-order valence-electron chi connectivity index (χ2n) is 11.3. The van der Waals surface area contributed by atoms with Gasteiger partial charge in [0.2, 0.25) is 5.88 Å². The van der Waals surface area contributed by atoms with E-state index in [1.807, 2.05) is 19.1 Å². The summed E-state index contributed by atoms with van der Waals surface area (Å²) in [7, 11) is 1.53. The highest BCUT2D eigenvalue weighted by Crippen LogP contribution is 2.37. The van der Waals surface area contributed by atoms with Crippen molar-refractivity contribution in [3.63, 3.8) is 0 Å². The highest BCUT2D eigenvalue weighted by molar-refractivity contribution is 7.21. The van der Waals surface area contributed by atoms with E-state index >= 15 is 4.39 Å². The average Bonchev–Trinajstić information content (AvgIpc) is 3.41. The molecule has 0 radical (unpaired) electrons. The number of rotatable bonds is 11. The van der Waals surface area contributed by atoms with Gasteiger partial charge in [0.15, 0.2) is 11.6 Å². The normalized spacial score (nSPS) is 12.2. The van der Waals surface area contributed by atoms with Gasteiger partial charge in [-0.15, -0.1) is 11.3 Å². The Balaban J connectivity index is 1.21. The topological polar surface area (TPSA) is 158 Å². The molecule has 0 fully saturated rings.